The number of likely N-dealkylation sites (tertiary alicyclic amines) is 2. The van der Waals surface area contributed by atoms with Gasteiger partial charge in [0.05, 0.1) is 12.1 Å². The lowest BCUT2D eigenvalue weighted by Crippen LogP contribution is -2.63. The van der Waals surface area contributed by atoms with Crippen LogP contribution in [0.25, 0.3) is 11.1 Å². The van der Waals surface area contributed by atoms with Crippen molar-refractivity contribution in [2.45, 2.75) is 31.4 Å². The third kappa shape index (κ3) is 3.56. The maximum absolute atomic E-state index is 12.9. The summed E-state index contributed by atoms with van der Waals surface area (Å²) in [5, 5.41) is 2.96. The number of aryl methyl sites for hydroxylation is 1. The number of piperidine rings is 1. The van der Waals surface area contributed by atoms with Crippen LogP contribution in [0.4, 0.5) is 4.79 Å². The zero-order valence-electron chi connectivity index (χ0n) is 17.2. The van der Waals surface area contributed by atoms with Gasteiger partial charge in [-0.2, -0.15) is 0 Å². The highest BCUT2D eigenvalue weighted by atomic mass is 16.5. The number of nitrogens with zero attached hydrogens (tertiary/aromatic N) is 2. The van der Waals surface area contributed by atoms with E-state index in [4.69, 9.17) is 4.74 Å². The summed E-state index contributed by atoms with van der Waals surface area (Å²) in [5.74, 6) is 0.291. The van der Waals surface area contributed by atoms with Crippen LogP contribution in [0.5, 0.6) is 0 Å². The van der Waals surface area contributed by atoms with Crippen LogP contribution in [-0.4, -0.2) is 66.7 Å². The molecule has 0 aliphatic carbocycles. The molecule has 0 radical (unpaired) electrons. The smallest absolute Gasteiger partial charge is 0.320 e. The van der Waals surface area contributed by atoms with Gasteiger partial charge >= 0.3 is 6.03 Å². The number of urea groups is 1. The average Bonchev–Trinajstić information content (AvgIpc) is 2.73. The van der Waals surface area contributed by atoms with Crippen LogP contribution in [0.3, 0.4) is 0 Å². The average molecular weight is 405 g/mol. The number of carbonyl (C=O) groups excluding carboxylic acids is 2. The molecule has 3 aliphatic heterocycles. The minimum Gasteiger partial charge on any atom is -0.366 e. The molecule has 2 atom stereocenters. The number of morpholine rings is 1. The Balaban J connectivity index is 1.18. The fraction of sp³-hybridized carbons (Fsp3) is 0.417. The highest BCUT2D eigenvalue weighted by molar-refractivity contribution is 5.79. The molecule has 0 aromatic heterocycles. The van der Waals surface area contributed by atoms with E-state index in [1.54, 1.807) is 0 Å². The topological polar surface area (TPSA) is 61.9 Å². The van der Waals surface area contributed by atoms with Crippen LogP contribution in [0.1, 0.15) is 23.5 Å². The lowest BCUT2D eigenvalue weighted by molar-refractivity contribution is -0.139. The normalized spacial score (nSPS) is 24.1. The van der Waals surface area contributed by atoms with Crippen molar-refractivity contribution in [3.05, 3.63) is 59.7 Å². The lowest BCUT2D eigenvalue weighted by Gasteiger charge is -2.46. The van der Waals surface area contributed by atoms with Crippen molar-refractivity contribution >= 4 is 11.9 Å². The maximum Gasteiger partial charge on any atom is 0.320 e. The van der Waals surface area contributed by atoms with Gasteiger partial charge in [0, 0.05) is 32.1 Å². The minimum absolute atomic E-state index is 0.0302. The molecular formula is C24H27N3O3. The van der Waals surface area contributed by atoms with Gasteiger partial charge in [-0.05, 0) is 35.6 Å². The van der Waals surface area contributed by atoms with Crippen LogP contribution < -0.4 is 5.32 Å². The monoisotopic (exact) mass is 405 g/mol. The van der Waals surface area contributed by atoms with Gasteiger partial charge in [0.15, 0.2) is 0 Å². The van der Waals surface area contributed by atoms with Crippen LogP contribution >= 0.6 is 0 Å². The fourth-order valence-electron chi connectivity index (χ4n) is 4.75. The van der Waals surface area contributed by atoms with E-state index in [1.165, 1.54) is 22.3 Å². The second-order valence-electron chi connectivity index (χ2n) is 8.58. The standard InChI is InChI=1S/C24H27N3O3/c1-16-4-2-3-5-20(16)18-8-6-17(7-9-18)19-12-27(13-19)24(29)26-11-10-22-21(14-26)25-23(28)15-30-22/h2-9,19,21-22H,10-15H2,1H3,(H,25,28). The van der Waals surface area contributed by atoms with Crippen LogP contribution in [-0.2, 0) is 9.53 Å². The number of fused-ring (bicyclic) bond motifs is 1. The zero-order valence-corrected chi connectivity index (χ0v) is 17.2. The first-order chi connectivity index (χ1) is 14.6. The molecule has 3 amide bonds. The summed E-state index contributed by atoms with van der Waals surface area (Å²) in [6, 6.07) is 17.1. The Morgan fingerprint density at radius 3 is 2.57 bits per heavy atom. The Morgan fingerprint density at radius 2 is 1.80 bits per heavy atom. The van der Waals surface area contributed by atoms with Crippen molar-refractivity contribution in [1.82, 2.24) is 15.1 Å². The van der Waals surface area contributed by atoms with Crippen LogP contribution in [0.2, 0.25) is 0 Å². The molecule has 3 saturated heterocycles. The van der Waals surface area contributed by atoms with E-state index in [-0.39, 0.29) is 30.7 Å². The summed E-state index contributed by atoms with van der Waals surface area (Å²) in [5.41, 5.74) is 5.04. The predicted octanol–water partition coefficient (Wildman–Crippen LogP) is 2.77. The third-order valence-electron chi connectivity index (χ3n) is 6.59. The largest absolute Gasteiger partial charge is 0.366 e. The highest BCUT2D eigenvalue weighted by Gasteiger charge is 2.40. The number of ether oxygens (including phenoxy) is 1. The number of carbonyl (C=O) groups is 2. The molecule has 3 fully saturated rings. The molecule has 3 aliphatic rings. The number of benzene rings is 2. The molecule has 2 unspecified atom stereocenters. The van der Waals surface area contributed by atoms with Gasteiger partial charge in [-0.25, -0.2) is 4.79 Å². The van der Waals surface area contributed by atoms with E-state index < -0.39 is 0 Å². The molecule has 5 rings (SSSR count). The molecule has 2 aromatic rings. The number of nitrogens with one attached hydrogen (secondary N) is 1. The van der Waals surface area contributed by atoms with Gasteiger partial charge in [-0.3, -0.25) is 4.79 Å². The van der Waals surface area contributed by atoms with E-state index in [1.807, 2.05) is 9.80 Å². The maximum atomic E-state index is 12.9. The molecule has 156 valence electrons. The number of amides is 3. The quantitative estimate of drug-likeness (QED) is 0.836. The SMILES string of the molecule is Cc1ccccc1-c1ccc(C2CN(C(=O)N3CCC4OCC(=O)NC4C3)C2)cc1. The lowest BCUT2D eigenvalue weighted by atomic mass is 9.90. The van der Waals surface area contributed by atoms with E-state index in [2.05, 4.69) is 60.8 Å². The summed E-state index contributed by atoms with van der Waals surface area (Å²) in [7, 11) is 0. The van der Waals surface area contributed by atoms with Gasteiger partial charge in [-0.1, -0.05) is 48.5 Å². The molecule has 2 aromatic carbocycles. The Morgan fingerprint density at radius 1 is 1.03 bits per heavy atom. The van der Waals surface area contributed by atoms with Crippen molar-refractivity contribution in [3.8, 4) is 11.1 Å². The first-order valence-corrected chi connectivity index (χ1v) is 10.7. The Labute approximate surface area is 176 Å². The fourth-order valence-corrected chi connectivity index (χ4v) is 4.75. The van der Waals surface area contributed by atoms with Crippen molar-refractivity contribution in [1.29, 1.82) is 0 Å². The van der Waals surface area contributed by atoms with Crippen LogP contribution in [0.15, 0.2) is 48.5 Å². The van der Waals surface area contributed by atoms with Crippen molar-refractivity contribution < 1.29 is 14.3 Å². The molecule has 3 heterocycles. The summed E-state index contributed by atoms with van der Waals surface area (Å²) in [6.07, 6.45) is 0.802. The first-order valence-electron chi connectivity index (χ1n) is 10.7. The highest BCUT2D eigenvalue weighted by Crippen LogP contribution is 2.31. The summed E-state index contributed by atoms with van der Waals surface area (Å²) < 4.78 is 5.58. The number of rotatable bonds is 2. The van der Waals surface area contributed by atoms with E-state index in [9.17, 15) is 9.59 Å². The van der Waals surface area contributed by atoms with E-state index in [0.29, 0.717) is 19.0 Å². The second kappa shape index (κ2) is 7.76. The van der Waals surface area contributed by atoms with Gasteiger partial charge < -0.3 is 19.9 Å². The van der Waals surface area contributed by atoms with Gasteiger partial charge in [0.25, 0.3) is 0 Å². The van der Waals surface area contributed by atoms with Gasteiger partial charge in [-0.15, -0.1) is 0 Å². The summed E-state index contributed by atoms with van der Waals surface area (Å²) in [6.45, 7) is 4.97. The molecule has 6 nitrogen and oxygen atoms in total. The Bertz CT molecular complexity index is 952. The van der Waals surface area contributed by atoms with E-state index in [0.717, 1.165) is 19.5 Å². The Kier molecular flexibility index (Phi) is 4.95. The molecule has 0 bridgehead atoms. The molecule has 0 spiro atoms. The zero-order chi connectivity index (χ0) is 20.7. The minimum atomic E-state index is -0.0938. The van der Waals surface area contributed by atoms with Gasteiger partial charge in [0.1, 0.15) is 6.61 Å². The second-order valence-corrected chi connectivity index (χ2v) is 8.58. The molecule has 30 heavy (non-hydrogen) atoms. The number of hydrogen-bond donors (Lipinski definition) is 1. The predicted molar refractivity (Wildman–Crippen MR) is 114 cm³/mol. The van der Waals surface area contributed by atoms with Crippen molar-refractivity contribution in [3.63, 3.8) is 0 Å². The van der Waals surface area contributed by atoms with Crippen LogP contribution in [0, 0.1) is 6.92 Å². The summed E-state index contributed by atoms with van der Waals surface area (Å²) >= 11 is 0. The first kappa shape index (κ1) is 19.1. The molecule has 0 saturated carbocycles. The van der Waals surface area contributed by atoms with Gasteiger partial charge in [0.2, 0.25) is 5.91 Å². The third-order valence-corrected chi connectivity index (χ3v) is 6.59. The molecular weight excluding hydrogens is 378 g/mol. The molecule has 6 heteroatoms. The Hall–Kier alpha value is -2.86. The van der Waals surface area contributed by atoms with Crippen molar-refractivity contribution in [2.24, 2.45) is 0 Å². The molecule has 1 N–H and O–H groups in total. The summed E-state index contributed by atoms with van der Waals surface area (Å²) in [4.78, 5) is 28.2. The number of hydrogen-bond acceptors (Lipinski definition) is 3. The van der Waals surface area contributed by atoms with E-state index >= 15 is 0 Å². The van der Waals surface area contributed by atoms with Crippen molar-refractivity contribution in [2.75, 3.05) is 32.8 Å².